The predicted molar refractivity (Wildman–Crippen MR) is 74.6 cm³/mol. The molecule has 0 aromatic carbocycles. The topological polar surface area (TPSA) is 64.1 Å². The van der Waals surface area contributed by atoms with Crippen molar-refractivity contribution in [3.05, 3.63) is 23.0 Å². The lowest BCUT2D eigenvalue weighted by Crippen LogP contribution is -2.28. The van der Waals surface area contributed by atoms with Gasteiger partial charge in [0.2, 0.25) is 0 Å². The lowest BCUT2D eigenvalue weighted by molar-refractivity contribution is 0.0950. The minimum Gasteiger partial charge on any atom is -0.383 e. The Hall–Kier alpha value is -1.20. The summed E-state index contributed by atoms with van der Waals surface area (Å²) in [6.45, 7) is 4.76. The zero-order valence-electron chi connectivity index (χ0n) is 11.6. The molecule has 0 aliphatic heterocycles. The fraction of sp³-hybridized carbons (Fsp3) is 0.615. The Morgan fingerprint density at radius 3 is 2.89 bits per heavy atom. The Balaban J connectivity index is 2.56. The zero-order valence-corrected chi connectivity index (χ0v) is 12.3. The molecule has 5 nitrogen and oxygen atoms in total. The quantitative estimate of drug-likeness (QED) is 0.775. The zero-order chi connectivity index (χ0) is 14.3. The minimum atomic E-state index is -0.129. The van der Waals surface area contributed by atoms with Crippen LogP contribution in [0.2, 0.25) is 0 Å². The predicted octanol–water partition coefficient (Wildman–Crippen LogP) is 1.72. The smallest absolute Gasteiger partial charge is 0.253 e. The fourth-order valence-corrected chi connectivity index (χ4v) is 1.91. The highest BCUT2D eigenvalue weighted by atomic mass is 35.5. The first-order chi connectivity index (χ1) is 9.08. The highest BCUT2D eigenvalue weighted by Crippen LogP contribution is 2.08. The average molecular weight is 286 g/mol. The molecule has 1 amide bonds. The Labute approximate surface area is 118 Å². The van der Waals surface area contributed by atoms with Crippen molar-refractivity contribution in [3.8, 4) is 0 Å². The molecule has 0 aliphatic rings. The summed E-state index contributed by atoms with van der Waals surface area (Å²) in [5, 5.41) is 10.7. The SMILES string of the molecule is CCc1nnc(C)cc1C(=O)NCCC(Cl)COC. The molecule has 1 aromatic rings. The summed E-state index contributed by atoms with van der Waals surface area (Å²) in [6.07, 6.45) is 1.35. The Bertz CT molecular complexity index is 426. The molecule has 0 saturated heterocycles. The molecule has 1 unspecified atom stereocenters. The van der Waals surface area contributed by atoms with Gasteiger partial charge in [-0.1, -0.05) is 6.92 Å². The van der Waals surface area contributed by atoms with E-state index in [0.717, 1.165) is 5.69 Å². The molecule has 1 rings (SSSR count). The Kier molecular flexibility index (Phi) is 6.73. The monoisotopic (exact) mass is 285 g/mol. The number of halogens is 1. The van der Waals surface area contributed by atoms with Crippen molar-refractivity contribution < 1.29 is 9.53 Å². The fourth-order valence-electron chi connectivity index (χ4n) is 1.67. The summed E-state index contributed by atoms with van der Waals surface area (Å²) in [7, 11) is 1.60. The largest absolute Gasteiger partial charge is 0.383 e. The third-order valence-corrected chi connectivity index (χ3v) is 3.01. The van der Waals surface area contributed by atoms with Crippen LogP contribution >= 0.6 is 11.6 Å². The van der Waals surface area contributed by atoms with Gasteiger partial charge >= 0.3 is 0 Å². The summed E-state index contributed by atoms with van der Waals surface area (Å²) in [5.41, 5.74) is 2.03. The second-order valence-electron chi connectivity index (χ2n) is 4.30. The van der Waals surface area contributed by atoms with Gasteiger partial charge in [0.05, 0.1) is 28.9 Å². The van der Waals surface area contributed by atoms with E-state index in [1.165, 1.54) is 0 Å². The average Bonchev–Trinajstić information content (AvgIpc) is 2.38. The van der Waals surface area contributed by atoms with Gasteiger partial charge in [0, 0.05) is 13.7 Å². The highest BCUT2D eigenvalue weighted by molar-refractivity contribution is 6.20. The number of carbonyl (C=O) groups excluding carboxylic acids is 1. The number of carbonyl (C=O) groups is 1. The van der Waals surface area contributed by atoms with Crippen molar-refractivity contribution in [1.29, 1.82) is 0 Å². The molecule has 0 radical (unpaired) electrons. The number of aryl methyl sites for hydroxylation is 2. The van der Waals surface area contributed by atoms with Gasteiger partial charge in [-0.25, -0.2) is 0 Å². The van der Waals surface area contributed by atoms with E-state index in [2.05, 4.69) is 15.5 Å². The van der Waals surface area contributed by atoms with Crippen LogP contribution in [0.15, 0.2) is 6.07 Å². The van der Waals surface area contributed by atoms with Gasteiger partial charge in [0.25, 0.3) is 5.91 Å². The van der Waals surface area contributed by atoms with Gasteiger partial charge < -0.3 is 10.1 Å². The molecular formula is C13H20ClN3O2. The maximum absolute atomic E-state index is 12.1. The molecule has 1 N–H and O–H groups in total. The van der Waals surface area contributed by atoms with E-state index < -0.39 is 0 Å². The number of nitrogens with one attached hydrogen (secondary N) is 1. The van der Waals surface area contributed by atoms with E-state index in [0.29, 0.717) is 37.3 Å². The van der Waals surface area contributed by atoms with Gasteiger partial charge in [-0.3, -0.25) is 4.79 Å². The molecule has 1 aromatic heterocycles. The highest BCUT2D eigenvalue weighted by Gasteiger charge is 2.13. The molecule has 0 aliphatic carbocycles. The second kappa shape index (κ2) is 8.07. The van der Waals surface area contributed by atoms with E-state index in [9.17, 15) is 4.79 Å². The van der Waals surface area contributed by atoms with E-state index in [4.69, 9.17) is 16.3 Å². The molecule has 0 saturated carbocycles. The number of alkyl halides is 1. The Morgan fingerprint density at radius 2 is 2.26 bits per heavy atom. The maximum atomic E-state index is 12.1. The van der Waals surface area contributed by atoms with Crippen LogP contribution in [0.25, 0.3) is 0 Å². The second-order valence-corrected chi connectivity index (χ2v) is 4.91. The van der Waals surface area contributed by atoms with Gasteiger partial charge in [-0.15, -0.1) is 11.6 Å². The summed E-state index contributed by atoms with van der Waals surface area (Å²) in [5.74, 6) is -0.129. The minimum absolute atomic E-state index is 0.0896. The number of hydrogen-bond acceptors (Lipinski definition) is 4. The number of aromatic nitrogens is 2. The Morgan fingerprint density at radius 1 is 1.53 bits per heavy atom. The summed E-state index contributed by atoms with van der Waals surface area (Å²) < 4.78 is 4.94. The van der Waals surface area contributed by atoms with Crippen LogP contribution in [0.4, 0.5) is 0 Å². The van der Waals surface area contributed by atoms with E-state index >= 15 is 0 Å². The number of hydrogen-bond donors (Lipinski definition) is 1. The van der Waals surface area contributed by atoms with Crippen LogP contribution in [0, 0.1) is 6.92 Å². The maximum Gasteiger partial charge on any atom is 0.253 e. The number of methoxy groups -OCH3 is 1. The van der Waals surface area contributed by atoms with Crippen molar-refractivity contribution in [2.75, 3.05) is 20.3 Å². The lowest BCUT2D eigenvalue weighted by Gasteiger charge is -2.10. The van der Waals surface area contributed by atoms with Crippen LogP contribution in [0.1, 0.15) is 35.1 Å². The van der Waals surface area contributed by atoms with Crippen molar-refractivity contribution in [3.63, 3.8) is 0 Å². The molecule has 1 heterocycles. The standard InChI is InChI=1S/C13H20ClN3O2/c1-4-12-11(7-9(2)16-17-12)13(18)15-6-5-10(14)8-19-3/h7,10H,4-6,8H2,1-3H3,(H,15,18). The number of rotatable bonds is 7. The molecule has 0 fully saturated rings. The molecular weight excluding hydrogens is 266 g/mol. The summed E-state index contributed by atoms with van der Waals surface area (Å²) >= 11 is 6.00. The normalized spacial score (nSPS) is 12.2. The molecule has 0 bridgehead atoms. The molecule has 6 heteroatoms. The first kappa shape index (κ1) is 15.9. The van der Waals surface area contributed by atoms with Gasteiger partial charge in [0.1, 0.15) is 0 Å². The van der Waals surface area contributed by atoms with Crippen LogP contribution in [-0.4, -0.2) is 41.7 Å². The number of ether oxygens (including phenoxy) is 1. The van der Waals surface area contributed by atoms with E-state index in [1.807, 2.05) is 13.8 Å². The van der Waals surface area contributed by atoms with Crippen molar-refractivity contribution in [2.24, 2.45) is 0 Å². The van der Waals surface area contributed by atoms with Crippen LogP contribution in [0.5, 0.6) is 0 Å². The van der Waals surface area contributed by atoms with Crippen LogP contribution in [0.3, 0.4) is 0 Å². The van der Waals surface area contributed by atoms with Gasteiger partial charge in [-0.2, -0.15) is 10.2 Å². The van der Waals surface area contributed by atoms with Crippen LogP contribution in [-0.2, 0) is 11.2 Å². The number of amides is 1. The summed E-state index contributed by atoms with van der Waals surface area (Å²) in [4.78, 5) is 12.1. The molecule has 1 atom stereocenters. The first-order valence-corrected chi connectivity index (χ1v) is 6.76. The van der Waals surface area contributed by atoms with Crippen molar-refractivity contribution in [1.82, 2.24) is 15.5 Å². The third-order valence-electron chi connectivity index (χ3n) is 2.66. The van der Waals surface area contributed by atoms with E-state index in [1.54, 1.807) is 13.2 Å². The summed E-state index contributed by atoms with van der Waals surface area (Å²) in [6, 6.07) is 1.76. The van der Waals surface area contributed by atoms with Gasteiger partial charge in [-0.05, 0) is 25.8 Å². The van der Waals surface area contributed by atoms with E-state index in [-0.39, 0.29) is 11.3 Å². The number of nitrogens with zero attached hydrogens (tertiary/aromatic N) is 2. The first-order valence-electron chi connectivity index (χ1n) is 6.32. The molecule has 0 spiro atoms. The lowest BCUT2D eigenvalue weighted by atomic mass is 10.1. The van der Waals surface area contributed by atoms with Crippen molar-refractivity contribution in [2.45, 2.75) is 32.1 Å². The van der Waals surface area contributed by atoms with Crippen molar-refractivity contribution >= 4 is 17.5 Å². The third kappa shape index (κ3) is 5.12. The molecule has 19 heavy (non-hydrogen) atoms. The van der Waals surface area contributed by atoms with Crippen LogP contribution < -0.4 is 5.32 Å². The van der Waals surface area contributed by atoms with Gasteiger partial charge in [0.15, 0.2) is 0 Å². The molecule has 106 valence electrons.